The zero-order valence-electron chi connectivity index (χ0n) is 12.9. The summed E-state index contributed by atoms with van der Waals surface area (Å²) in [6.07, 6.45) is 1.64. The maximum atomic E-state index is 12.6. The van der Waals surface area contributed by atoms with E-state index < -0.39 is 5.97 Å². The van der Waals surface area contributed by atoms with Crippen molar-refractivity contribution < 1.29 is 14.3 Å². The van der Waals surface area contributed by atoms with Gasteiger partial charge in [-0.2, -0.15) is 0 Å². The second-order valence-corrected chi connectivity index (χ2v) is 7.10. The first kappa shape index (κ1) is 18.6. The second-order valence-electron chi connectivity index (χ2n) is 4.60. The van der Waals surface area contributed by atoms with Crippen LogP contribution < -0.4 is 5.32 Å². The summed E-state index contributed by atoms with van der Waals surface area (Å²) in [5.41, 5.74) is 0.453. The van der Waals surface area contributed by atoms with Crippen LogP contribution in [-0.4, -0.2) is 23.1 Å². The Morgan fingerprint density at radius 1 is 1.46 bits per heavy atom. The Hall–Kier alpha value is -1.77. The van der Waals surface area contributed by atoms with Crippen molar-refractivity contribution in [3.05, 3.63) is 55.8 Å². The molecule has 2 rings (SSSR count). The number of benzene rings is 1. The number of allylic oxidation sites excluding steroid dienone is 1. The van der Waals surface area contributed by atoms with E-state index in [2.05, 4.69) is 27.8 Å². The summed E-state index contributed by atoms with van der Waals surface area (Å²) in [5.74, 6) is -0.540. The molecule has 0 aliphatic rings. The summed E-state index contributed by atoms with van der Waals surface area (Å²) >= 11 is 9.73. The summed E-state index contributed by atoms with van der Waals surface area (Å²) in [7, 11) is 0. The van der Waals surface area contributed by atoms with Crippen LogP contribution in [0.5, 0.6) is 0 Å². The Labute approximate surface area is 157 Å². The molecule has 126 valence electrons. The van der Waals surface area contributed by atoms with Gasteiger partial charge in [-0.25, -0.2) is 4.79 Å². The lowest BCUT2D eigenvalue weighted by Gasteiger charge is -2.11. The number of thiazole rings is 1. The lowest BCUT2D eigenvalue weighted by atomic mass is 10.2. The van der Waals surface area contributed by atoms with Crippen LogP contribution in [0.25, 0.3) is 0 Å². The molecule has 0 saturated heterocycles. The van der Waals surface area contributed by atoms with Gasteiger partial charge < -0.3 is 14.6 Å². The highest BCUT2D eigenvalue weighted by Gasteiger charge is 2.22. The molecule has 0 aliphatic heterocycles. The molecule has 1 N–H and O–H groups in total. The van der Waals surface area contributed by atoms with Gasteiger partial charge in [-0.05, 0) is 47.2 Å². The number of rotatable bonds is 6. The minimum Gasteiger partial charge on any atom is -0.462 e. The fourth-order valence-corrected chi connectivity index (χ4v) is 3.71. The van der Waals surface area contributed by atoms with Crippen LogP contribution in [0.4, 0.5) is 5.82 Å². The lowest BCUT2D eigenvalue weighted by Crippen LogP contribution is -2.18. The number of halogens is 1. The zero-order valence-corrected chi connectivity index (χ0v) is 16.1. The number of hydrogen-bond donors (Lipinski definition) is 1. The standard InChI is InChI=1S/C16H15BrN2O3S2/c1-3-9-19-13(12(24-16(19)23)15(21)22-4-2)18-14(20)10-7-5-6-8-11(10)17/h3,5-8H,1,4,9H2,2H3,(H,18,20). The highest BCUT2D eigenvalue weighted by Crippen LogP contribution is 2.27. The van der Waals surface area contributed by atoms with E-state index in [1.54, 1.807) is 35.8 Å². The molecule has 5 nitrogen and oxygen atoms in total. The maximum absolute atomic E-state index is 12.6. The summed E-state index contributed by atoms with van der Waals surface area (Å²) in [6.45, 7) is 6.01. The third-order valence-electron chi connectivity index (χ3n) is 3.02. The van der Waals surface area contributed by atoms with Gasteiger partial charge in [0.2, 0.25) is 0 Å². The molecule has 0 aliphatic carbocycles. The summed E-state index contributed by atoms with van der Waals surface area (Å²) in [4.78, 5) is 25.0. The molecule has 0 atom stereocenters. The Bertz CT molecular complexity index is 842. The molecule has 0 saturated carbocycles. The molecule has 1 aromatic carbocycles. The Morgan fingerprint density at radius 2 is 2.17 bits per heavy atom. The van der Waals surface area contributed by atoms with Crippen molar-refractivity contribution in [3.8, 4) is 0 Å². The minimum atomic E-state index is -0.515. The summed E-state index contributed by atoms with van der Waals surface area (Å²) < 4.78 is 7.81. The second kappa shape index (κ2) is 8.36. The van der Waals surface area contributed by atoms with Crippen molar-refractivity contribution in [1.29, 1.82) is 0 Å². The number of hydrogen-bond acceptors (Lipinski definition) is 5. The van der Waals surface area contributed by atoms with Crippen LogP contribution >= 0.6 is 39.5 Å². The van der Waals surface area contributed by atoms with Crippen LogP contribution in [-0.2, 0) is 11.3 Å². The SMILES string of the molecule is C=CCn1c(NC(=O)c2ccccc2Br)c(C(=O)OCC)sc1=S. The van der Waals surface area contributed by atoms with Crippen LogP contribution in [0.2, 0.25) is 0 Å². The molecular weight excluding hydrogens is 412 g/mol. The predicted octanol–water partition coefficient (Wildman–Crippen LogP) is 4.66. The number of aromatic nitrogens is 1. The molecule has 0 spiro atoms. The van der Waals surface area contributed by atoms with Gasteiger partial charge in [-0.3, -0.25) is 4.79 Å². The van der Waals surface area contributed by atoms with E-state index >= 15 is 0 Å². The number of carbonyl (C=O) groups excluding carboxylic acids is 2. The van der Waals surface area contributed by atoms with Gasteiger partial charge in [0.1, 0.15) is 5.82 Å². The molecular formula is C16H15BrN2O3S2. The van der Waals surface area contributed by atoms with Crippen molar-refractivity contribution in [2.45, 2.75) is 13.5 Å². The number of carbonyl (C=O) groups is 2. The van der Waals surface area contributed by atoms with Gasteiger partial charge in [-0.1, -0.05) is 29.5 Å². The van der Waals surface area contributed by atoms with E-state index in [4.69, 9.17) is 17.0 Å². The average molecular weight is 427 g/mol. The fraction of sp³-hybridized carbons (Fsp3) is 0.188. The number of nitrogens with one attached hydrogen (secondary N) is 1. The first-order valence-electron chi connectivity index (χ1n) is 7.07. The summed E-state index contributed by atoms with van der Waals surface area (Å²) in [5, 5.41) is 2.77. The van der Waals surface area contributed by atoms with E-state index in [1.165, 1.54) is 0 Å². The predicted molar refractivity (Wildman–Crippen MR) is 101 cm³/mol. The van der Waals surface area contributed by atoms with Crippen LogP contribution in [0.15, 0.2) is 41.4 Å². The smallest absolute Gasteiger partial charge is 0.352 e. The number of amides is 1. The molecule has 1 amide bonds. The number of esters is 1. The largest absolute Gasteiger partial charge is 0.462 e. The van der Waals surface area contributed by atoms with Gasteiger partial charge in [0, 0.05) is 11.0 Å². The van der Waals surface area contributed by atoms with Crippen LogP contribution in [0.3, 0.4) is 0 Å². The molecule has 1 aromatic heterocycles. The van der Waals surface area contributed by atoms with Crippen LogP contribution in [0, 0.1) is 3.95 Å². The lowest BCUT2D eigenvalue weighted by molar-refractivity contribution is 0.0532. The molecule has 1 heterocycles. The molecule has 24 heavy (non-hydrogen) atoms. The van der Waals surface area contributed by atoms with Crippen LogP contribution in [0.1, 0.15) is 27.0 Å². The van der Waals surface area contributed by atoms with Crippen molar-refractivity contribution in [2.75, 3.05) is 11.9 Å². The first-order valence-corrected chi connectivity index (χ1v) is 9.08. The monoisotopic (exact) mass is 426 g/mol. The van der Waals surface area contributed by atoms with E-state index in [9.17, 15) is 9.59 Å². The van der Waals surface area contributed by atoms with Crippen molar-refractivity contribution in [3.63, 3.8) is 0 Å². The Morgan fingerprint density at radius 3 is 2.79 bits per heavy atom. The van der Waals surface area contributed by atoms with E-state index in [1.807, 2.05) is 6.07 Å². The van der Waals surface area contributed by atoms with Crippen molar-refractivity contribution in [1.82, 2.24) is 4.57 Å². The van der Waals surface area contributed by atoms with E-state index in [0.29, 0.717) is 26.4 Å². The van der Waals surface area contributed by atoms with Gasteiger partial charge in [-0.15, -0.1) is 6.58 Å². The zero-order chi connectivity index (χ0) is 17.7. The van der Waals surface area contributed by atoms with E-state index in [-0.39, 0.29) is 17.4 Å². The third kappa shape index (κ3) is 4.00. The highest BCUT2D eigenvalue weighted by atomic mass is 79.9. The minimum absolute atomic E-state index is 0.239. The van der Waals surface area contributed by atoms with Gasteiger partial charge in [0.15, 0.2) is 8.83 Å². The van der Waals surface area contributed by atoms with Crippen molar-refractivity contribution >= 4 is 57.2 Å². The summed E-state index contributed by atoms with van der Waals surface area (Å²) in [6, 6.07) is 7.03. The molecule has 2 aromatic rings. The molecule has 0 bridgehead atoms. The van der Waals surface area contributed by atoms with E-state index in [0.717, 1.165) is 11.3 Å². The van der Waals surface area contributed by atoms with Crippen molar-refractivity contribution in [2.24, 2.45) is 0 Å². The third-order valence-corrected chi connectivity index (χ3v) is 5.14. The normalized spacial score (nSPS) is 10.2. The van der Waals surface area contributed by atoms with Gasteiger partial charge in [0.05, 0.1) is 12.2 Å². The maximum Gasteiger partial charge on any atom is 0.352 e. The Balaban J connectivity index is 2.45. The topological polar surface area (TPSA) is 60.3 Å². The van der Waals surface area contributed by atoms with Gasteiger partial charge >= 0.3 is 5.97 Å². The highest BCUT2D eigenvalue weighted by molar-refractivity contribution is 9.10. The molecule has 8 heteroatoms. The number of nitrogens with zero attached hydrogens (tertiary/aromatic N) is 1. The van der Waals surface area contributed by atoms with Gasteiger partial charge in [0.25, 0.3) is 5.91 Å². The fourth-order valence-electron chi connectivity index (χ4n) is 1.98. The molecule has 0 unspecified atom stereocenters. The quantitative estimate of drug-likeness (QED) is 0.414. The number of ether oxygens (including phenoxy) is 1. The molecule has 0 fully saturated rings. The first-order chi connectivity index (χ1) is 11.5. The average Bonchev–Trinajstić information content (AvgIpc) is 2.85. The Kier molecular flexibility index (Phi) is 6.47. The number of anilines is 1. The molecule has 0 radical (unpaired) electrons.